The highest BCUT2D eigenvalue weighted by Crippen LogP contribution is 2.35. The van der Waals surface area contributed by atoms with Crippen LogP contribution >= 0.6 is 0 Å². The van der Waals surface area contributed by atoms with E-state index >= 15 is 0 Å². The fraction of sp³-hybridized carbons (Fsp3) is 0.677. The number of allylic oxidation sites excluding steroid dienone is 10. The van der Waals surface area contributed by atoms with E-state index in [1.807, 2.05) is 39.0 Å². The molecule has 0 nitrogen and oxygen atoms in total. The Kier molecular flexibility index (Phi) is 18.4. The Morgan fingerprint density at radius 2 is 1.45 bits per heavy atom. The molecule has 1 rings (SSSR count). The Bertz CT molecular complexity index is 683. The third-order valence-electron chi connectivity index (χ3n) is 6.66. The predicted octanol–water partition coefficient (Wildman–Crippen LogP) is 11.4. The van der Waals surface area contributed by atoms with Gasteiger partial charge in [-0.25, -0.2) is 8.78 Å². The van der Waals surface area contributed by atoms with Crippen molar-refractivity contribution < 1.29 is 8.78 Å². The van der Waals surface area contributed by atoms with Gasteiger partial charge in [0.05, 0.1) is 0 Å². The fourth-order valence-corrected chi connectivity index (χ4v) is 3.06. The lowest BCUT2D eigenvalue weighted by Gasteiger charge is -2.22. The van der Waals surface area contributed by atoms with E-state index in [-0.39, 0.29) is 0 Å². The van der Waals surface area contributed by atoms with Crippen LogP contribution in [-0.4, -0.2) is 5.92 Å². The molecule has 0 amide bonds. The van der Waals surface area contributed by atoms with Crippen molar-refractivity contribution in [3.63, 3.8) is 0 Å². The Labute approximate surface area is 206 Å². The first-order chi connectivity index (χ1) is 15.4. The molecule has 1 unspecified atom stereocenters. The maximum atomic E-state index is 13.7. The average molecular weight is 465 g/mol. The summed E-state index contributed by atoms with van der Waals surface area (Å²) in [6, 6.07) is 0. The van der Waals surface area contributed by atoms with Crippen molar-refractivity contribution in [2.45, 2.75) is 128 Å². The maximum Gasteiger partial charge on any atom is 0.248 e. The van der Waals surface area contributed by atoms with Gasteiger partial charge < -0.3 is 0 Å². The van der Waals surface area contributed by atoms with Crippen molar-refractivity contribution in [1.29, 1.82) is 0 Å². The molecular formula is C31H54F2. The van der Waals surface area contributed by atoms with Crippen LogP contribution in [0.3, 0.4) is 0 Å². The maximum absolute atomic E-state index is 13.7. The monoisotopic (exact) mass is 464 g/mol. The van der Waals surface area contributed by atoms with E-state index in [1.54, 1.807) is 6.92 Å². The molecule has 0 spiro atoms. The van der Waals surface area contributed by atoms with Crippen molar-refractivity contribution in [3.8, 4) is 0 Å². The fourth-order valence-electron chi connectivity index (χ4n) is 3.06. The predicted molar refractivity (Wildman–Crippen MR) is 147 cm³/mol. The first-order valence-corrected chi connectivity index (χ1v) is 13.2. The minimum Gasteiger partial charge on any atom is -0.207 e. The average Bonchev–Trinajstić information content (AvgIpc) is 3.63. The van der Waals surface area contributed by atoms with Crippen molar-refractivity contribution in [3.05, 3.63) is 57.7 Å². The Morgan fingerprint density at radius 1 is 0.939 bits per heavy atom. The molecule has 1 aliphatic rings. The number of hydrogen-bond donors (Lipinski definition) is 0. The quantitative estimate of drug-likeness (QED) is 0.282. The van der Waals surface area contributed by atoms with Gasteiger partial charge in [-0.3, -0.25) is 0 Å². The van der Waals surface area contributed by atoms with Crippen molar-refractivity contribution >= 4 is 0 Å². The molecule has 192 valence electrons. The summed E-state index contributed by atoms with van der Waals surface area (Å²) in [5.74, 6) is -2.42. The largest absolute Gasteiger partial charge is 0.248 e. The molecule has 0 radical (unpaired) electrons. The molecule has 1 saturated carbocycles. The van der Waals surface area contributed by atoms with Gasteiger partial charge >= 0.3 is 0 Å². The molecule has 1 fully saturated rings. The number of rotatable bonds is 10. The van der Waals surface area contributed by atoms with Crippen LogP contribution in [0.1, 0.15) is 122 Å². The molecule has 33 heavy (non-hydrogen) atoms. The summed E-state index contributed by atoms with van der Waals surface area (Å²) in [5.41, 5.74) is 7.48. The van der Waals surface area contributed by atoms with E-state index in [0.29, 0.717) is 6.42 Å². The molecule has 0 aliphatic heterocycles. The Hall–Kier alpha value is -1.44. The highest BCUT2D eigenvalue weighted by Gasteiger charge is 2.30. The first kappa shape index (κ1) is 33.7. The highest BCUT2D eigenvalue weighted by molar-refractivity contribution is 5.48. The smallest absolute Gasteiger partial charge is 0.207 e. The third kappa shape index (κ3) is 14.4. The van der Waals surface area contributed by atoms with Crippen molar-refractivity contribution in [2.75, 3.05) is 0 Å². The molecule has 0 aromatic rings. The molecule has 0 saturated heterocycles. The van der Waals surface area contributed by atoms with Gasteiger partial charge in [-0.15, -0.1) is 0 Å². The lowest BCUT2D eigenvalue weighted by molar-refractivity contribution is -0.0318. The van der Waals surface area contributed by atoms with Gasteiger partial charge in [-0.2, -0.15) is 0 Å². The van der Waals surface area contributed by atoms with Gasteiger partial charge in [0.2, 0.25) is 5.92 Å². The van der Waals surface area contributed by atoms with Crippen LogP contribution in [-0.2, 0) is 0 Å². The van der Waals surface area contributed by atoms with Gasteiger partial charge in [-0.05, 0) is 94.1 Å². The number of alkyl halides is 2. The lowest BCUT2D eigenvalue weighted by atomic mass is 9.87. The molecule has 0 heterocycles. The highest BCUT2D eigenvalue weighted by atomic mass is 19.3. The van der Waals surface area contributed by atoms with Crippen LogP contribution in [0.4, 0.5) is 8.78 Å². The summed E-state index contributed by atoms with van der Waals surface area (Å²) >= 11 is 0. The van der Waals surface area contributed by atoms with Crippen LogP contribution in [0.15, 0.2) is 57.7 Å². The van der Waals surface area contributed by atoms with Crippen LogP contribution < -0.4 is 0 Å². The van der Waals surface area contributed by atoms with Gasteiger partial charge in [0.1, 0.15) is 0 Å². The van der Waals surface area contributed by atoms with Gasteiger partial charge in [0.15, 0.2) is 0 Å². The molecule has 1 atom stereocenters. The second-order valence-electron chi connectivity index (χ2n) is 9.26. The van der Waals surface area contributed by atoms with E-state index in [2.05, 4.69) is 54.5 Å². The van der Waals surface area contributed by atoms with E-state index in [0.717, 1.165) is 30.4 Å². The molecule has 2 heteroatoms. The zero-order valence-corrected chi connectivity index (χ0v) is 24.0. The van der Waals surface area contributed by atoms with E-state index in [9.17, 15) is 8.78 Å². The van der Waals surface area contributed by atoms with E-state index in [4.69, 9.17) is 0 Å². The zero-order chi connectivity index (χ0) is 26.2. The van der Waals surface area contributed by atoms with Crippen LogP contribution in [0, 0.1) is 11.8 Å². The summed E-state index contributed by atoms with van der Waals surface area (Å²) in [4.78, 5) is 0. The van der Waals surface area contributed by atoms with Crippen molar-refractivity contribution in [2.24, 2.45) is 11.8 Å². The second kappa shape index (κ2) is 18.0. The van der Waals surface area contributed by atoms with Gasteiger partial charge in [0.25, 0.3) is 0 Å². The normalized spacial score (nSPS) is 16.3. The molecule has 0 aromatic carbocycles. The van der Waals surface area contributed by atoms with Crippen LogP contribution in [0.5, 0.6) is 0 Å². The van der Waals surface area contributed by atoms with E-state index < -0.39 is 11.8 Å². The molecule has 0 N–H and O–H groups in total. The van der Waals surface area contributed by atoms with Gasteiger partial charge in [-0.1, -0.05) is 91.2 Å². The molecule has 0 aromatic heterocycles. The molecule has 1 aliphatic carbocycles. The van der Waals surface area contributed by atoms with Crippen LogP contribution in [0.2, 0.25) is 0 Å². The number of halogens is 2. The zero-order valence-electron chi connectivity index (χ0n) is 24.0. The van der Waals surface area contributed by atoms with Crippen LogP contribution in [0.25, 0.3) is 0 Å². The first-order valence-electron chi connectivity index (χ1n) is 13.2. The summed E-state index contributed by atoms with van der Waals surface area (Å²) in [6.07, 6.45) is 14.7. The Morgan fingerprint density at radius 3 is 1.79 bits per heavy atom. The minimum absolute atomic E-state index is 0.382. The topological polar surface area (TPSA) is 0 Å². The SMILES string of the molecule is CC.CC=C\C=C(CC(C)C(C)(F)F)/C(C)=C(C)/C(C)=C(/C=C1CC1)CC.CCC(C)CC. The molecule has 0 bridgehead atoms. The second-order valence-corrected chi connectivity index (χ2v) is 9.26. The minimum atomic E-state index is -2.67. The number of hydrogen-bond acceptors (Lipinski definition) is 0. The van der Waals surface area contributed by atoms with Crippen molar-refractivity contribution in [1.82, 2.24) is 0 Å². The van der Waals surface area contributed by atoms with Gasteiger partial charge in [0, 0.05) is 5.92 Å². The molecular weight excluding hydrogens is 410 g/mol. The Balaban J connectivity index is 0. The van der Waals surface area contributed by atoms with E-state index in [1.165, 1.54) is 48.0 Å². The lowest BCUT2D eigenvalue weighted by Crippen LogP contribution is -2.22. The third-order valence-corrected chi connectivity index (χ3v) is 6.66. The summed E-state index contributed by atoms with van der Waals surface area (Å²) in [7, 11) is 0. The summed E-state index contributed by atoms with van der Waals surface area (Å²) in [5, 5.41) is 0. The summed E-state index contributed by atoms with van der Waals surface area (Å²) < 4.78 is 27.4. The standard InChI is InChI=1S/C23H34F2.C6H14.C2H6/c1-8-10-11-22(14-16(3)23(7,24)25)19(6)17(4)18(5)21(9-2)15-20-12-13-20;1-4-6(3)5-2;1-2/h8,10-11,15-16H,9,12-14H2,1-7H3;6H,4-5H2,1-3H3;1-2H3/b10-8?,19-17+,21-18+,22-11-;;. The summed E-state index contributed by atoms with van der Waals surface area (Å²) in [6.45, 7) is 23.8.